The summed E-state index contributed by atoms with van der Waals surface area (Å²) in [5.74, 6) is 1.76. The first-order valence-electron chi connectivity index (χ1n) is 6.68. The van der Waals surface area contributed by atoms with Crippen LogP contribution in [0.3, 0.4) is 0 Å². The lowest BCUT2D eigenvalue weighted by molar-refractivity contribution is 0.578. The zero-order valence-corrected chi connectivity index (χ0v) is 11.4. The molecule has 0 saturated carbocycles. The fraction of sp³-hybridized carbons (Fsp3) is 0.429. The number of nitrogens with zero attached hydrogens (tertiary/aromatic N) is 4. The molecule has 0 bridgehead atoms. The minimum absolute atomic E-state index is 0.833. The van der Waals surface area contributed by atoms with Crippen LogP contribution in [0.1, 0.15) is 5.56 Å². The predicted octanol–water partition coefficient (Wildman–Crippen LogP) is 1.20. The Morgan fingerprint density at radius 1 is 1.11 bits per heavy atom. The van der Waals surface area contributed by atoms with Crippen LogP contribution >= 0.6 is 0 Å². The van der Waals surface area contributed by atoms with E-state index in [0.29, 0.717) is 0 Å². The third-order valence-electron chi connectivity index (χ3n) is 3.46. The number of anilines is 1. The first-order chi connectivity index (χ1) is 9.24. The number of aryl methyl sites for hydroxylation is 2. The predicted molar refractivity (Wildman–Crippen MR) is 76.3 cm³/mol. The van der Waals surface area contributed by atoms with Crippen molar-refractivity contribution < 1.29 is 0 Å². The second kappa shape index (κ2) is 5.01. The molecule has 1 aromatic heterocycles. The van der Waals surface area contributed by atoms with Gasteiger partial charge in [0, 0.05) is 38.8 Å². The summed E-state index contributed by atoms with van der Waals surface area (Å²) < 4.78 is 1.86. The number of rotatable bonds is 2. The third kappa shape index (κ3) is 2.46. The smallest absolute Gasteiger partial charge is 0.245 e. The van der Waals surface area contributed by atoms with Crippen LogP contribution in [-0.2, 0) is 7.05 Å². The zero-order chi connectivity index (χ0) is 13.2. The molecular formula is C14H19N5. The quantitative estimate of drug-likeness (QED) is 0.878. The summed E-state index contributed by atoms with van der Waals surface area (Å²) in [5.41, 5.74) is 2.37. The number of benzene rings is 1. The molecule has 1 aromatic carbocycles. The van der Waals surface area contributed by atoms with E-state index in [1.807, 2.05) is 11.7 Å². The lowest BCUT2D eigenvalue weighted by Crippen LogP contribution is -2.44. The van der Waals surface area contributed by atoms with E-state index in [-0.39, 0.29) is 0 Å². The van der Waals surface area contributed by atoms with Gasteiger partial charge in [0.25, 0.3) is 0 Å². The molecule has 2 aromatic rings. The van der Waals surface area contributed by atoms with Crippen molar-refractivity contribution in [3.63, 3.8) is 0 Å². The Morgan fingerprint density at radius 2 is 1.79 bits per heavy atom. The van der Waals surface area contributed by atoms with Crippen LogP contribution in [0.15, 0.2) is 24.3 Å². The monoisotopic (exact) mass is 257 g/mol. The lowest BCUT2D eigenvalue weighted by Gasteiger charge is -2.25. The Morgan fingerprint density at radius 3 is 2.47 bits per heavy atom. The fourth-order valence-electron chi connectivity index (χ4n) is 2.32. The normalized spacial score (nSPS) is 15.8. The summed E-state index contributed by atoms with van der Waals surface area (Å²) in [5, 5.41) is 7.88. The topological polar surface area (TPSA) is 46.0 Å². The Balaban J connectivity index is 1.90. The first-order valence-corrected chi connectivity index (χ1v) is 6.68. The minimum atomic E-state index is 0.833. The van der Waals surface area contributed by atoms with E-state index in [0.717, 1.165) is 43.5 Å². The van der Waals surface area contributed by atoms with E-state index in [9.17, 15) is 0 Å². The van der Waals surface area contributed by atoms with E-state index in [1.165, 1.54) is 5.56 Å². The summed E-state index contributed by atoms with van der Waals surface area (Å²) >= 11 is 0. The van der Waals surface area contributed by atoms with Gasteiger partial charge in [-0.25, -0.2) is 4.68 Å². The molecule has 3 rings (SSSR count). The highest BCUT2D eigenvalue weighted by Gasteiger charge is 2.17. The third-order valence-corrected chi connectivity index (χ3v) is 3.46. The van der Waals surface area contributed by atoms with Gasteiger partial charge in [0.1, 0.15) is 0 Å². The number of aromatic nitrogens is 3. The molecular weight excluding hydrogens is 238 g/mol. The van der Waals surface area contributed by atoms with Crippen LogP contribution in [0.5, 0.6) is 0 Å². The summed E-state index contributed by atoms with van der Waals surface area (Å²) in [6.07, 6.45) is 0. The largest absolute Gasteiger partial charge is 0.337 e. The van der Waals surface area contributed by atoms with Crippen molar-refractivity contribution in [1.82, 2.24) is 20.1 Å². The second-order valence-electron chi connectivity index (χ2n) is 4.96. The van der Waals surface area contributed by atoms with E-state index >= 15 is 0 Å². The lowest BCUT2D eigenvalue weighted by atomic mass is 10.1. The molecule has 100 valence electrons. The molecule has 19 heavy (non-hydrogen) atoms. The van der Waals surface area contributed by atoms with Gasteiger partial charge in [-0.05, 0) is 6.92 Å². The molecule has 1 fully saturated rings. The van der Waals surface area contributed by atoms with Gasteiger partial charge in [0.2, 0.25) is 5.95 Å². The average molecular weight is 257 g/mol. The second-order valence-corrected chi connectivity index (χ2v) is 4.96. The molecule has 2 heterocycles. The highest BCUT2D eigenvalue weighted by molar-refractivity contribution is 5.57. The first kappa shape index (κ1) is 12.2. The van der Waals surface area contributed by atoms with Gasteiger partial charge in [-0.15, -0.1) is 5.10 Å². The SMILES string of the molecule is Cc1ccc(-c2nc(N3CCNCC3)nn2C)cc1. The van der Waals surface area contributed by atoms with Gasteiger partial charge < -0.3 is 10.2 Å². The molecule has 0 amide bonds. The highest BCUT2D eigenvalue weighted by Crippen LogP contribution is 2.20. The van der Waals surface area contributed by atoms with E-state index in [1.54, 1.807) is 0 Å². The summed E-state index contributed by atoms with van der Waals surface area (Å²) in [6, 6.07) is 8.41. The molecule has 0 aliphatic carbocycles. The summed E-state index contributed by atoms with van der Waals surface area (Å²) in [7, 11) is 1.95. The molecule has 5 nitrogen and oxygen atoms in total. The molecule has 0 spiro atoms. The number of piperazine rings is 1. The van der Waals surface area contributed by atoms with Crippen molar-refractivity contribution in [2.24, 2.45) is 7.05 Å². The van der Waals surface area contributed by atoms with Crippen molar-refractivity contribution in [3.8, 4) is 11.4 Å². The van der Waals surface area contributed by atoms with E-state index in [2.05, 4.69) is 51.5 Å². The minimum Gasteiger partial charge on any atom is -0.337 e. The number of hydrogen-bond donors (Lipinski definition) is 1. The van der Waals surface area contributed by atoms with Crippen molar-refractivity contribution in [1.29, 1.82) is 0 Å². The molecule has 5 heteroatoms. The van der Waals surface area contributed by atoms with Gasteiger partial charge in [-0.3, -0.25) is 0 Å². The van der Waals surface area contributed by atoms with Crippen LogP contribution in [-0.4, -0.2) is 40.9 Å². The fourth-order valence-corrected chi connectivity index (χ4v) is 2.32. The summed E-state index contributed by atoms with van der Waals surface area (Å²) in [6.45, 7) is 6.03. The Hall–Kier alpha value is -1.88. The van der Waals surface area contributed by atoms with Gasteiger partial charge in [0.05, 0.1) is 0 Å². The van der Waals surface area contributed by atoms with Gasteiger partial charge >= 0.3 is 0 Å². The molecule has 0 unspecified atom stereocenters. The van der Waals surface area contributed by atoms with Crippen molar-refractivity contribution in [2.75, 3.05) is 31.1 Å². The van der Waals surface area contributed by atoms with Crippen molar-refractivity contribution in [3.05, 3.63) is 29.8 Å². The standard InChI is InChI=1S/C14H19N5/c1-11-3-5-12(6-4-11)13-16-14(17-18(13)2)19-9-7-15-8-10-19/h3-6,15H,7-10H2,1-2H3. The van der Waals surface area contributed by atoms with Crippen LogP contribution in [0.2, 0.25) is 0 Å². The Kier molecular flexibility index (Phi) is 3.21. The molecule has 1 N–H and O–H groups in total. The molecule has 0 radical (unpaired) electrons. The van der Waals surface area contributed by atoms with Crippen LogP contribution < -0.4 is 10.2 Å². The number of nitrogens with one attached hydrogen (secondary N) is 1. The Bertz CT molecular complexity index is 552. The Labute approximate surface area is 113 Å². The molecule has 1 aliphatic rings. The molecule has 1 saturated heterocycles. The van der Waals surface area contributed by atoms with Gasteiger partial charge in [-0.1, -0.05) is 29.8 Å². The molecule has 1 aliphatic heterocycles. The summed E-state index contributed by atoms with van der Waals surface area (Å²) in [4.78, 5) is 6.91. The van der Waals surface area contributed by atoms with E-state index < -0.39 is 0 Å². The van der Waals surface area contributed by atoms with Crippen molar-refractivity contribution in [2.45, 2.75) is 6.92 Å². The zero-order valence-electron chi connectivity index (χ0n) is 11.4. The maximum Gasteiger partial charge on any atom is 0.245 e. The van der Waals surface area contributed by atoms with Crippen LogP contribution in [0, 0.1) is 6.92 Å². The molecule has 0 atom stereocenters. The van der Waals surface area contributed by atoms with E-state index in [4.69, 9.17) is 0 Å². The van der Waals surface area contributed by atoms with Crippen LogP contribution in [0.25, 0.3) is 11.4 Å². The highest BCUT2D eigenvalue weighted by atomic mass is 15.4. The average Bonchev–Trinajstić information content (AvgIpc) is 2.83. The van der Waals surface area contributed by atoms with Crippen molar-refractivity contribution >= 4 is 5.95 Å². The van der Waals surface area contributed by atoms with Gasteiger partial charge in [0.15, 0.2) is 5.82 Å². The van der Waals surface area contributed by atoms with Gasteiger partial charge in [-0.2, -0.15) is 4.98 Å². The maximum atomic E-state index is 4.68. The maximum absolute atomic E-state index is 4.68. The number of hydrogen-bond acceptors (Lipinski definition) is 4. The van der Waals surface area contributed by atoms with Crippen LogP contribution in [0.4, 0.5) is 5.95 Å².